The summed E-state index contributed by atoms with van der Waals surface area (Å²) >= 11 is 0. The molecule has 1 N–H and O–H groups in total. The van der Waals surface area contributed by atoms with Crippen LogP contribution >= 0.6 is 0 Å². The van der Waals surface area contributed by atoms with Gasteiger partial charge in [-0.25, -0.2) is 0 Å². The monoisotopic (exact) mass is 406 g/mol. The molecule has 1 aliphatic heterocycles. The van der Waals surface area contributed by atoms with Gasteiger partial charge in [-0.2, -0.15) is 8.78 Å². The predicted molar refractivity (Wildman–Crippen MR) is 108 cm³/mol. The third-order valence-corrected chi connectivity index (χ3v) is 5.17. The van der Waals surface area contributed by atoms with Crippen LogP contribution in [0, 0.1) is 0 Å². The molecule has 1 atom stereocenters. The summed E-state index contributed by atoms with van der Waals surface area (Å²) in [5, 5.41) is 3.47. The second-order valence-corrected chi connectivity index (χ2v) is 7.03. The highest BCUT2D eigenvalue weighted by Gasteiger charge is 2.23. The van der Waals surface area contributed by atoms with Crippen molar-refractivity contribution in [2.24, 2.45) is 0 Å². The number of nitrogens with zero attached hydrogens (tertiary/aromatic N) is 1. The van der Waals surface area contributed by atoms with Crippen molar-refractivity contribution in [3.63, 3.8) is 0 Å². The summed E-state index contributed by atoms with van der Waals surface area (Å²) in [6.45, 7) is 0.527. The number of likely N-dealkylation sites (tertiary alicyclic amines) is 1. The molecule has 0 aliphatic carbocycles. The van der Waals surface area contributed by atoms with Crippen LogP contribution < -0.4 is 19.5 Å². The number of rotatable bonds is 10. The molecule has 0 bridgehead atoms. The van der Waals surface area contributed by atoms with E-state index in [1.165, 1.54) is 25.5 Å². The van der Waals surface area contributed by atoms with Crippen LogP contribution in [0.5, 0.6) is 17.2 Å². The van der Waals surface area contributed by atoms with E-state index in [4.69, 9.17) is 9.47 Å². The molecule has 1 aliphatic rings. The first-order chi connectivity index (χ1) is 14.1. The van der Waals surface area contributed by atoms with Gasteiger partial charge < -0.3 is 19.5 Å². The lowest BCUT2D eigenvalue weighted by atomic mass is 10.0. The summed E-state index contributed by atoms with van der Waals surface area (Å²) in [6.07, 6.45) is 2.40. The highest BCUT2D eigenvalue weighted by Crippen LogP contribution is 2.30. The molecule has 1 fully saturated rings. The molecule has 158 valence electrons. The van der Waals surface area contributed by atoms with E-state index >= 15 is 0 Å². The van der Waals surface area contributed by atoms with E-state index in [1.54, 1.807) is 19.2 Å². The Kier molecular flexibility index (Phi) is 7.66. The summed E-state index contributed by atoms with van der Waals surface area (Å²) in [5.74, 6) is 1.18. The fourth-order valence-electron chi connectivity index (χ4n) is 3.73. The lowest BCUT2D eigenvalue weighted by molar-refractivity contribution is -0.0512. The molecule has 1 saturated heterocycles. The molecule has 29 heavy (non-hydrogen) atoms. The Morgan fingerprint density at radius 1 is 1.00 bits per heavy atom. The number of methoxy groups -OCH3 is 2. The Labute approximate surface area is 170 Å². The third kappa shape index (κ3) is 5.81. The molecule has 0 amide bonds. The Balaban J connectivity index is 1.68. The van der Waals surface area contributed by atoms with Gasteiger partial charge >= 0.3 is 6.61 Å². The number of nitrogens with one attached hydrogen (secondary N) is 1. The molecular weight excluding hydrogens is 378 g/mol. The number of alkyl halides is 2. The predicted octanol–water partition coefficient (Wildman–Crippen LogP) is 4.23. The van der Waals surface area contributed by atoms with Gasteiger partial charge in [-0.05, 0) is 61.3 Å². The van der Waals surface area contributed by atoms with Crippen molar-refractivity contribution < 1.29 is 23.0 Å². The molecule has 5 nitrogen and oxygen atoms in total. The first-order valence-corrected chi connectivity index (χ1v) is 9.81. The minimum absolute atomic E-state index is 0.0469. The van der Waals surface area contributed by atoms with E-state index in [0.717, 1.165) is 30.9 Å². The van der Waals surface area contributed by atoms with E-state index in [2.05, 4.69) is 27.1 Å². The number of hydrogen-bond acceptors (Lipinski definition) is 5. The van der Waals surface area contributed by atoms with Crippen molar-refractivity contribution in [3.8, 4) is 17.2 Å². The van der Waals surface area contributed by atoms with Crippen LogP contribution in [0.3, 0.4) is 0 Å². The van der Waals surface area contributed by atoms with Gasteiger partial charge in [-0.15, -0.1) is 0 Å². The summed E-state index contributed by atoms with van der Waals surface area (Å²) in [5.41, 5.74) is 2.06. The topological polar surface area (TPSA) is 43.0 Å². The Morgan fingerprint density at radius 3 is 2.48 bits per heavy atom. The van der Waals surface area contributed by atoms with E-state index in [0.29, 0.717) is 12.3 Å². The second-order valence-electron chi connectivity index (χ2n) is 7.03. The summed E-state index contributed by atoms with van der Waals surface area (Å²) < 4.78 is 40.3. The summed E-state index contributed by atoms with van der Waals surface area (Å²) in [6, 6.07) is 13.5. The second kappa shape index (κ2) is 10.4. The third-order valence-electron chi connectivity index (χ3n) is 5.17. The molecular formula is C22H28F2N2O3. The molecule has 2 aromatic carbocycles. The summed E-state index contributed by atoms with van der Waals surface area (Å²) in [4.78, 5) is 2.47. The molecule has 0 aromatic heterocycles. The van der Waals surface area contributed by atoms with Gasteiger partial charge in [0, 0.05) is 19.1 Å². The quantitative estimate of drug-likeness (QED) is 0.640. The SMILES string of the molecule is COc1cccc(C(CNCc2ccc(OC)c(OC(F)F)c2)N2CCCC2)c1. The zero-order valence-corrected chi connectivity index (χ0v) is 16.9. The fraction of sp³-hybridized carbons (Fsp3) is 0.455. The van der Waals surface area contributed by atoms with Crippen LogP contribution in [0.1, 0.15) is 30.0 Å². The molecule has 7 heteroatoms. The van der Waals surface area contributed by atoms with E-state index in [1.807, 2.05) is 18.2 Å². The minimum Gasteiger partial charge on any atom is -0.497 e. The standard InChI is InChI=1S/C22H28F2N2O3/c1-27-18-7-5-6-17(13-18)19(26-10-3-4-11-26)15-25-14-16-8-9-20(28-2)21(12-16)29-22(23)24/h5-9,12-13,19,22,25H,3-4,10-11,14-15H2,1-2H3. The molecule has 0 saturated carbocycles. The first-order valence-electron chi connectivity index (χ1n) is 9.81. The van der Waals surface area contributed by atoms with Crippen LogP contribution in [0.2, 0.25) is 0 Å². The van der Waals surface area contributed by atoms with Gasteiger partial charge in [0.1, 0.15) is 5.75 Å². The van der Waals surface area contributed by atoms with Crippen LogP contribution in [-0.2, 0) is 6.54 Å². The number of benzene rings is 2. The zero-order chi connectivity index (χ0) is 20.6. The maximum absolute atomic E-state index is 12.6. The lowest BCUT2D eigenvalue weighted by Crippen LogP contribution is -2.34. The van der Waals surface area contributed by atoms with Crippen molar-refractivity contribution in [1.29, 1.82) is 0 Å². The molecule has 0 radical (unpaired) electrons. The van der Waals surface area contributed by atoms with Gasteiger partial charge in [0.05, 0.1) is 14.2 Å². The van der Waals surface area contributed by atoms with Crippen LogP contribution in [0.4, 0.5) is 8.78 Å². The molecule has 3 rings (SSSR count). The van der Waals surface area contributed by atoms with Crippen LogP contribution in [0.25, 0.3) is 0 Å². The maximum Gasteiger partial charge on any atom is 0.387 e. The Bertz CT molecular complexity index is 782. The Hall–Kier alpha value is -2.38. The van der Waals surface area contributed by atoms with Gasteiger partial charge in [0.2, 0.25) is 0 Å². The van der Waals surface area contributed by atoms with E-state index in [-0.39, 0.29) is 11.8 Å². The zero-order valence-electron chi connectivity index (χ0n) is 16.9. The van der Waals surface area contributed by atoms with Gasteiger partial charge in [-0.1, -0.05) is 18.2 Å². The highest BCUT2D eigenvalue weighted by molar-refractivity contribution is 5.43. The van der Waals surface area contributed by atoms with E-state index < -0.39 is 6.61 Å². The van der Waals surface area contributed by atoms with Crippen LogP contribution in [-0.4, -0.2) is 45.4 Å². The van der Waals surface area contributed by atoms with Crippen molar-refractivity contribution in [3.05, 3.63) is 53.6 Å². The average molecular weight is 406 g/mol. The minimum atomic E-state index is -2.89. The smallest absolute Gasteiger partial charge is 0.387 e. The lowest BCUT2D eigenvalue weighted by Gasteiger charge is -2.28. The largest absolute Gasteiger partial charge is 0.497 e. The van der Waals surface area contributed by atoms with Crippen LogP contribution in [0.15, 0.2) is 42.5 Å². The van der Waals surface area contributed by atoms with E-state index in [9.17, 15) is 8.78 Å². The first kappa shape index (κ1) is 21.3. The average Bonchev–Trinajstić information content (AvgIpc) is 3.25. The Morgan fingerprint density at radius 2 is 1.79 bits per heavy atom. The van der Waals surface area contributed by atoms with Crippen molar-refractivity contribution >= 4 is 0 Å². The van der Waals surface area contributed by atoms with Gasteiger partial charge in [0.25, 0.3) is 0 Å². The van der Waals surface area contributed by atoms with Gasteiger partial charge in [0.15, 0.2) is 11.5 Å². The normalized spacial score (nSPS) is 15.5. The number of halogens is 2. The molecule has 1 unspecified atom stereocenters. The maximum atomic E-state index is 12.6. The molecule has 0 spiro atoms. The highest BCUT2D eigenvalue weighted by atomic mass is 19.3. The molecule has 1 heterocycles. The fourth-order valence-corrected chi connectivity index (χ4v) is 3.73. The van der Waals surface area contributed by atoms with Crippen molar-refractivity contribution in [1.82, 2.24) is 10.2 Å². The van der Waals surface area contributed by atoms with Crippen molar-refractivity contribution in [2.45, 2.75) is 32.0 Å². The number of hydrogen-bond donors (Lipinski definition) is 1. The number of ether oxygens (including phenoxy) is 3. The summed E-state index contributed by atoms with van der Waals surface area (Å²) in [7, 11) is 3.10. The van der Waals surface area contributed by atoms with Gasteiger partial charge in [-0.3, -0.25) is 4.90 Å². The molecule has 2 aromatic rings. The van der Waals surface area contributed by atoms with Crippen molar-refractivity contribution in [2.75, 3.05) is 33.9 Å².